The summed E-state index contributed by atoms with van der Waals surface area (Å²) in [5.74, 6) is -1.15. The molecule has 0 radical (unpaired) electrons. The van der Waals surface area contributed by atoms with E-state index in [1.165, 1.54) is 17.0 Å². The number of halogens is 7. The lowest BCUT2D eigenvalue weighted by Gasteiger charge is -2.45. The molecule has 0 aliphatic carbocycles. The van der Waals surface area contributed by atoms with Gasteiger partial charge in [-0.3, -0.25) is 19.3 Å². The van der Waals surface area contributed by atoms with Crippen molar-refractivity contribution in [3.63, 3.8) is 0 Å². The summed E-state index contributed by atoms with van der Waals surface area (Å²) in [5, 5.41) is 6.11. The van der Waals surface area contributed by atoms with E-state index in [-0.39, 0.29) is 37.4 Å². The van der Waals surface area contributed by atoms with Gasteiger partial charge >= 0.3 is 12.4 Å². The number of rotatable bonds is 8. The number of fused-ring (bicyclic) bond motifs is 3. The van der Waals surface area contributed by atoms with E-state index in [9.17, 15) is 35.9 Å². The molecule has 310 valence electrons. The summed E-state index contributed by atoms with van der Waals surface area (Å²) in [6, 6.07) is 23.3. The Hall–Kier alpha value is -4.99. The van der Waals surface area contributed by atoms with Gasteiger partial charge < -0.3 is 14.2 Å². The first-order chi connectivity index (χ1) is 27.7. The number of hydrogen-bond donors (Lipinski definition) is 0. The number of carbonyl (C=O) groups is 2. The van der Waals surface area contributed by atoms with Crippen LogP contribution in [0.4, 0.5) is 26.3 Å². The normalized spacial score (nSPS) is 18.1. The van der Waals surface area contributed by atoms with Crippen molar-refractivity contribution in [3.8, 4) is 0 Å². The van der Waals surface area contributed by atoms with Crippen molar-refractivity contribution in [1.29, 1.82) is 0 Å². The highest BCUT2D eigenvalue weighted by Crippen LogP contribution is 2.41. The standard InChI is InChI=1S/C43H42ClF6N5O3Si/c1-26-20-36-33(24-53(26)39(56)28-16-18-35(44)34(21-28)42(45,46)47)38-40(57)54(27(2)29-17-19-37(51-22-29)43(48,49)50)23-30(55(38)52-36)25-58-59(41(3,4)5,31-12-8-6-9-13-31)32-14-10-7-11-15-32/h6-19,21-22,26-27,30H,20,23-25H2,1-5H3/t26-,27+,30+/m1/s1. The Bertz CT molecular complexity index is 2310. The number of hydrogen-bond acceptors (Lipinski definition) is 5. The zero-order valence-corrected chi connectivity index (χ0v) is 34.7. The van der Waals surface area contributed by atoms with Gasteiger partial charge in [-0.05, 0) is 59.1 Å². The molecule has 0 unspecified atom stereocenters. The van der Waals surface area contributed by atoms with Gasteiger partial charge in [-0.2, -0.15) is 31.4 Å². The molecule has 0 saturated carbocycles. The smallest absolute Gasteiger partial charge is 0.405 e. The first-order valence-electron chi connectivity index (χ1n) is 19.1. The molecule has 0 N–H and O–H groups in total. The SMILES string of the molecule is C[C@@H]1Cc2nn3c(c2CN1C(=O)c1ccc(Cl)c(C(F)(F)F)c1)C(=O)N([C@@H](C)c1ccc(C(F)(F)F)nc1)C[C@H]3CO[Si](c1ccccc1)(c1ccccc1)C(C)(C)C. The van der Waals surface area contributed by atoms with Gasteiger partial charge in [0, 0.05) is 36.3 Å². The van der Waals surface area contributed by atoms with Gasteiger partial charge in [-0.1, -0.05) is 99.1 Å². The molecule has 8 nitrogen and oxygen atoms in total. The van der Waals surface area contributed by atoms with Crippen molar-refractivity contribution in [3.05, 3.63) is 142 Å². The van der Waals surface area contributed by atoms with Crippen molar-refractivity contribution in [1.82, 2.24) is 24.6 Å². The lowest BCUT2D eigenvalue weighted by molar-refractivity contribution is -0.141. The fourth-order valence-electron chi connectivity index (χ4n) is 8.33. The van der Waals surface area contributed by atoms with Gasteiger partial charge in [0.25, 0.3) is 20.1 Å². The van der Waals surface area contributed by atoms with Crippen LogP contribution in [-0.4, -0.2) is 63.9 Å². The molecule has 0 fully saturated rings. The molecule has 0 spiro atoms. The third kappa shape index (κ3) is 7.80. The maximum Gasteiger partial charge on any atom is 0.433 e. The maximum absolute atomic E-state index is 14.7. The molecule has 0 bridgehead atoms. The third-order valence-corrected chi connectivity index (χ3v) is 16.7. The van der Waals surface area contributed by atoms with Gasteiger partial charge in [0.1, 0.15) is 11.4 Å². The molecule has 16 heteroatoms. The van der Waals surface area contributed by atoms with E-state index in [1.54, 1.807) is 23.4 Å². The van der Waals surface area contributed by atoms with Crippen LogP contribution in [-0.2, 0) is 29.7 Å². The summed E-state index contributed by atoms with van der Waals surface area (Å²) in [5.41, 5.74) is -0.892. The first-order valence-corrected chi connectivity index (χ1v) is 21.4. The van der Waals surface area contributed by atoms with E-state index < -0.39 is 71.9 Å². The molecule has 2 aliphatic rings. The van der Waals surface area contributed by atoms with Gasteiger partial charge in [0.15, 0.2) is 0 Å². The van der Waals surface area contributed by atoms with Crippen molar-refractivity contribution in [2.45, 2.75) is 83.1 Å². The first kappa shape index (κ1) is 42.1. The fraction of sp³-hybridized carbons (Fsp3) is 0.349. The minimum Gasteiger partial charge on any atom is -0.405 e. The number of pyridine rings is 1. The lowest BCUT2D eigenvalue weighted by atomic mass is 9.96. The molecule has 4 heterocycles. The van der Waals surface area contributed by atoms with Gasteiger partial charge in [0.05, 0.1) is 41.5 Å². The molecule has 2 aromatic heterocycles. The second-order valence-corrected chi connectivity index (χ2v) is 20.8. The third-order valence-electron chi connectivity index (χ3n) is 11.4. The average Bonchev–Trinajstić information content (AvgIpc) is 3.56. The largest absolute Gasteiger partial charge is 0.433 e. The van der Waals surface area contributed by atoms with E-state index in [0.717, 1.165) is 34.8 Å². The molecule has 2 amide bonds. The number of carbonyl (C=O) groups excluding carboxylic acids is 2. The molecule has 3 atom stereocenters. The predicted molar refractivity (Wildman–Crippen MR) is 213 cm³/mol. The minimum absolute atomic E-state index is 0.0793. The van der Waals surface area contributed by atoms with Crippen molar-refractivity contribution in [2.75, 3.05) is 13.2 Å². The predicted octanol–water partition coefficient (Wildman–Crippen LogP) is 8.89. The summed E-state index contributed by atoms with van der Waals surface area (Å²) in [6.45, 7) is 9.92. The van der Waals surface area contributed by atoms with Crippen molar-refractivity contribution >= 4 is 42.1 Å². The van der Waals surface area contributed by atoms with Crippen molar-refractivity contribution < 1.29 is 40.4 Å². The van der Waals surface area contributed by atoms with Crippen LogP contribution in [0.2, 0.25) is 10.1 Å². The molecular formula is C43H42ClF6N5O3Si. The van der Waals surface area contributed by atoms with E-state index in [2.05, 4.69) is 50.0 Å². The quantitative estimate of drug-likeness (QED) is 0.115. The Morgan fingerprint density at radius 2 is 1.54 bits per heavy atom. The Morgan fingerprint density at radius 1 is 0.915 bits per heavy atom. The number of nitrogens with zero attached hydrogens (tertiary/aromatic N) is 5. The Morgan fingerprint density at radius 3 is 2.08 bits per heavy atom. The van der Waals surface area contributed by atoms with Crippen molar-refractivity contribution in [2.24, 2.45) is 0 Å². The van der Waals surface area contributed by atoms with Gasteiger partial charge in [-0.15, -0.1) is 0 Å². The fourth-order valence-corrected chi connectivity index (χ4v) is 13.2. The zero-order chi connectivity index (χ0) is 42.7. The molecule has 7 rings (SSSR count). The van der Waals surface area contributed by atoms with Gasteiger partial charge in [-0.25, -0.2) is 0 Å². The maximum atomic E-state index is 14.7. The van der Waals surface area contributed by atoms with E-state index in [4.69, 9.17) is 21.1 Å². The van der Waals surface area contributed by atoms with Crippen LogP contribution in [0.25, 0.3) is 0 Å². The Kier molecular flexibility index (Phi) is 11.1. The highest BCUT2D eigenvalue weighted by Gasteiger charge is 2.51. The summed E-state index contributed by atoms with van der Waals surface area (Å²) < 4.78 is 90.8. The number of benzene rings is 3. The molecule has 5 aromatic rings. The summed E-state index contributed by atoms with van der Waals surface area (Å²) in [4.78, 5) is 35.3. The van der Waals surface area contributed by atoms with Crippen LogP contribution in [0.5, 0.6) is 0 Å². The molecule has 0 saturated heterocycles. The van der Waals surface area contributed by atoms with Crippen LogP contribution >= 0.6 is 11.6 Å². The minimum atomic E-state index is -4.79. The summed E-state index contributed by atoms with van der Waals surface area (Å²) >= 11 is 5.86. The van der Waals surface area contributed by atoms with Crippen LogP contribution in [0.3, 0.4) is 0 Å². The highest BCUT2D eigenvalue weighted by molar-refractivity contribution is 6.99. The summed E-state index contributed by atoms with van der Waals surface area (Å²) in [6.07, 6.45) is -8.13. The van der Waals surface area contributed by atoms with Crippen LogP contribution in [0.1, 0.15) is 95.6 Å². The highest BCUT2D eigenvalue weighted by atomic mass is 35.5. The second kappa shape index (κ2) is 15.6. The topological polar surface area (TPSA) is 80.6 Å². The molecule has 3 aromatic carbocycles. The number of alkyl halides is 6. The summed E-state index contributed by atoms with van der Waals surface area (Å²) in [7, 11) is -3.12. The Labute approximate surface area is 343 Å². The molecular weight excluding hydrogens is 812 g/mol. The zero-order valence-electron chi connectivity index (χ0n) is 32.9. The Balaban J connectivity index is 1.31. The monoisotopic (exact) mass is 853 g/mol. The number of amides is 2. The average molecular weight is 854 g/mol. The second-order valence-electron chi connectivity index (χ2n) is 16.1. The van der Waals surface area contributed by atoms with Crippen LogP contribution < -0.4 is 10.4 Å². The van der Waals surface area contributed by atoms with E-state index in [1.807, 2.05) is 36.4 Å². The van der Waals surface area contributed by atoms with Gasteiger partial charge in [0.2, 0.25) is 0 Å². The molecule has 2 aliphatic heterocycles. The van der Waals surface area contributed by atoms with E-state index >= 15 is 0 Å². The molecule has 59 heavy (non-hydrogen) atoms. The van der Waals surface area contributed by atoms with E-state index in [0.29, 0.717) is 16.8 Å². The number of aromatic nitrogens is 3. The van der Waals surface area contributed by atoms with Crippen LogP contribution in [0, 0.1) is 0 Å². The lowest BCUT2D eigenvalue weighted by Crippen LogP contribution is -2.67. The van der Waals surface area contributed by atoms with Crippen LogP contribution in [0.15, 0.2) is 97.2 Å².